The minimum absolute atomic E-state index is 0. The number of aliphatic imine (C=N–C) groups is 1. The van der Waals surface area contributed by atoms with Crippen LogP contribution in [0.5, 0.6) is 5.75 Å². The first kappa shape index (κ1) is 26.2. The van der Waals surface area contributed by atoms with Crippen molar-refractivity contribution in [1.29, 1.82) is 0 Å². The van der Waals surface area contributed by atoms with Crippen LogP contribution >= 0.6 is 24.0 Å². The standard InChI is InChI=1S/C22H35N5O2.HI/c1-17(2)14-23-22(25-16-21(28)26(3)4)24-15-20(27-12-6-7-13-27)18-8-10-19(29-5)11-9-18;/h8-11,20H,1,6-7,12-16H2,2-5H3,(H2,23,24,25);1H. The van der Waals surface area contributed by atoms with Crippen molar-refractivity contribution in [3.05, 3.63) is 42.0 Å². The monoisotopic (exact) mass is 529 g/mol. The molecule has 0 spiro atoms. The zero-order valence-electron chi connectivity index (χ0n) is 18.6. The maximum absolute atomic E-state index is 11.9. The van der Waals surface area contributed by atoms with Crippen LogP contribution in [0.3, 0.4) is 0 Å². The number of hydrogen-bond donors (Lipinski definition) is 2. The van der Waals surface area contributed by atoms with Gasteiger partial charge in [0.25, 0.3) is 0 Å². The molecule has 8 heteroatoms. The lowest BCUT2D eigenvalue weighted by molar-refractivity contribution is -0.127. The molecular formula is C22H36IN5O2. The predicted octanol–water partition coefficient (Wildman–Crippen LogP) is 2.65. The number of carbonyl (C=O) groups is 1. The maximum atomic E-state index is 11.9. The maximum Gasteiger partial charge on any atom is 0.243 e. The molecular weight excluding hydrogens is 493 g/mol. The summed E-state index contributed by atoms with van der Waals surface area (Å²) >= 11 is 0. The zero-order chi connectivity index (χ0) is 21.2. The number of amides is 1. The second-order valence-corrected chi connectivity index (χ2v) is 7.68. The van der Waals surface area contributed by atoms with E-state index in [0.29, 0.717) is 19.0 Å². The van der Waals surface area contributed by atoms with Gasteiger partial charge in [0.15, 0.2) is 5.96 Å². The molecule has 168 valence electrons. The van der Waals surface area contributed by atoms with E-state index in [9.17, 15) is 4.79 Å². The van der Waals surface area contributed by atoms with Crippen molar-refractivity contribution in [3.8, 4) is 5.75 Å². The predicted molar refractivity (Wildman–Crippen MR) is 134 cm³/mol. The van der Waals surface area contributed by atoms with Crippen molar-refractivity contribution < 1.29 is 9.53 Å². The lowest BCUT2D eigenvalue weighted by Gasteiger charge is -2.29. The van der Waals surface area contributed by atoms with Gasteiger partial charge in [-0.05, 0) is 50.6 Å². The molecule has 0 saturated carbocycles. The number of carbonyl (C=O) groups excluding carboxylic acids is 1. The van der Waals surface area contributed by atoms with E-state index in [2.05, 4.69) is 39.2 Å². The molecule has 0 radical (unpaired) electrons. The molecule has 1 unspecified atom stereocenters. The van der Waals surface area contributed by atoms with Crippen molar-refractivity contribution in [2.45, 2.75) is 25.8 Å². The minimum atomic E-state index is -0.0346. The number of rotatable bonds is 9. The molecule has 1 fully saturated rings. The molecule has 1 aliphatic heterocycles. The van der Waals surface area contributed by atoms with Crippen molar-refractivity contribution in [3.63, 3.8) is 0 Å². The number of nitrogens with one attached hydrogen (secondary N) is 2. The summed E-state index contributed by atoms with van der Waals surface area (Å²) in [5, 5.41) is 6.69. The SMILES string of the molecule is C=C(C)CNC(=NCC(=O)N(C)C)NCC(c1ccc(OC)cc1)N1CCCC1.I. The summed E-state index contributed by atoms with van der Waals surface area (Å²) in [6, 6.07) is 8.48. The Morgan fingerprint density at radius 3 is 2.40 bits per heavy atom. The molecule has 1 heterocycles. The number of methoxy groups -OCH3 is 1. The Balaban J connectivity index is 0.00000450. The van der Waals surface area contributed by atoms with Crippen LogP contribution in [0.15, 0.2) is 41.4 Å². The molecule has 1 aromatic carbocycles. The Hall–Kier alpha value is -1.81. The highest BCUT2D eigenvalue weighted by atomic mass is 127. The summed E-state index contributed by atoms with van der Waals surface area (Å²) < 4.78 is 5.30. The third-order valence-electron chi connectivity index (χ3n) is 4.97. The van der Waals surface area contributed by atoms with Gasteiger partial charge in [-0.15, -0.1) is 24.0 Å². The van der Waals surface area contributed by atoms with E-state index in [1.54, 1.807) is 26.1 Å². The smallest absolute Gasteiger partial charge is 0.243 e. The number of hydrogen-bond acceptors (Lipinski definition) is 4. The first-order valence-corrected chi connectivity index (χ1v) is 10.2. The average Bonchev–Trinajstić information content (AvgIpc) is 3.24. The van der Waals surface area contributed by atoms with Crippen LogP contribution < -0.4 is 15.4 Å². The van der Waals surface area contributed by atoms with Crippen molar-refractivity contribution in [2.75, 3.05) is 53.9 Å². The van der Waals surface area contributed by atoms with Gasteiger partial charge in [0, 0.05) is 27.2 Å². The van der Waals surface area contributed by atoms with E-state index in [-0.39, 0.29) is 42.5 Å². The minimum Gasteiger partial charge on any atom is -0.497 e. The van der Waals surface area contributed by atoms with Crippen LogP contribution in [0.2, 0.25) is 0 Å². The first-order valence-electron chi connectivity index (χ1n) is 10.2. The Morgan fingerprint density at radius 2 is 1.87 bits per heavy atom. The second-order valence-electron chi connectivity index (χ2n) is 7.68. The van der Waals surface area contributed by atoms with E-state index in [4.69, 9.17) is 4.74 Å². The van der Waals surface area contributed by atoms with Gasteiger partial charge in [0.1, 0.15) is 12.3 Å². The summed E-state index contributed by atoms with van der Waals surface area (Å²) in [6.45, 7) is 9.48. The van der Waals surface area contributed by atoms with Gasteiger partial charge in [-0.3, -0.25) is 9.69 Å². The number of benzene rings is 1. The zero-order valence-corrected chi connectivity index (χ0v) is 20.9. The Morgan fingerprint density at radius 1 is 1.23 bits per heavy atom. The fraction of sp³-hybridized carbons (Fsp3) is 0.545. The summed E-state index contributed by atoms with van der Waals surface area (Å²) in [4.78, 5) is 20.4. The number of guanidine groups is 1. The molecule has 2 rings (SSSR count). The Bertz CT molecular complexity index is 700. The molecule has 0 aromatic heterocycles. The van der Waals surface area contributed by atoms with Gasteiger partial charge < -0.3 is 20.3 Å². The van der Waals surface area contributed by atoms with Gasteiger partial charge in [0.05, 0.1) is 13.2 Å². The normalized spacial score (nSPS) is 15.1. The van der Waals surface area contributed by atoms with Crippen LogP contribution in [-0.2, 0) is 4.79 Å². The summed E-state index contributed by atoms with van der Waals surface area (Å²) in [5.41, 5.74) is 2.24. The van der Waals surface area contributed by atoms with Crippen LogP contribution in [0.4, 0.5) is 0 Å². The number of likely N-dealkylation sites (N-methyl/N-ethyl adjacent to an activating group) is 1. The quantitative estimate of drug-likeness (QED) is 0.223. The molecule has 1 saturated heterocycles. The summed E-state index contributed by atoms with van der Waals surface area (Å²) in [6.07, 6.45) is 2.44. The third-order valence-corrected chi connectivity index (χ3v) is 4.97. The topological polar surface area (TPSA) is 69.2 Å². The van der Waals surface area contributed by atoms with Crippen LogP contribution in [-0.4, -0.2) is 75.6 Å². The fourth-order valence-electron chi connectivity index (χ4n) is 3.23. The molecule has 1 atom stereocenters. The molecule has 0 bridgehead atoms. The van der Waals surface area contributed by atoms with Gasteiger partial charge in [-0.1, -0.05) is 24.3 Å². The molecule has 7 nitrogen and oxygen atoms in total. The van der Waals surface area contributed by atoms with E-state index in [1.807, 2.05) is 19.1 Å². The van der Waals surface area contributed by atoms with Crippen molar-refractivity contribution in [2.24, 2.45) is 4.99 Å². The molecule has 2 N–H and O–H groups in total. The van der Waals surface area contributed by atoms with E-state index >= 15 is 0 Å². The average molecular weight is 529 g/mol. The largest absolute Gasteiger partial charge is 0.497 e. The van der Waals surface area contributed by atoms with Crippen molar-refractivity contribution in [1.82, 2.24) is 20.4 Å². The third kappa shape index (κ3) is 8.51. The van der Waals surface area contributed by atoms with Gasteiger partial charge in [0.2, 0.25) is 5.91 Å². The molecule has 1 aromatic rings. The highest BCUT2D eigenvalue weighted by Gasteiger charge is 2.23. The van der Waals surface area contributed by atoms with E-state index in [0.717, 1.165) is 24.4 Å². The van der Waals surface area contributed by atoms with Crippen molar-refractivity contribution >= 4 is 35.8 Å². The fourth-order valence-corrected chi connectivity index (χ4v) is 3.23. The highest BCUT2D eigenvalue weighted by Crippen LogP contribution is 2.26. The molecule has 1 aliphatic rings. The number of likely N-dealkylation sites (tertiary alicyclic amines) is 1. The first-order chi connectivity index (χ1) is 13.9. The molecule has 1 amide bonds. The lowest BCUT2D eigenvalue weighted by Crippen LogP contribution is -2.43. The van der Waals surface area contributed by atoms with Gasteiger partial charge in [-0.2, -0.15) is 0 Å². The highest BCUT2D eigenvalue weighted by molar-refractivity contribution is 14.0. The second kappa shape index (κ2) is 13.5. The Kier molecular flexibility index (Phi) is 11.8. The van der Waals surface area contributed by atoms with E-state index < -0.39 is 0 Å². The lowest BCUT2D eigenvalue weighted by atomic mass is 10.1. The van der Waals surface area contributed by atoms with Crippen LogP contribution in [0.25, 0.3) is 0 Å². The number of ether oxygens (including phenoxy) is 1. The summed E-state index contributed by atoms with van der Waals surface area (Å²) in [5.74, 6) is 1.45. The molecule has 30 heavy (non-hydrogen) atoms. The summed E-state index contributed by atoms with van der Waals surface area (Å²) in [7, 11) is 5.15. The van der Waals surface area contributed by atoms with Gasteiger partial charge in [-0.25, -0.2) is 4.99 Å². The number of halogens is 1. The van der Waals surface area contributed by atoms with Crippen LogP contribution in [0.1, 0.15) is 31.4 Å². The van der Waals surface area contributed by atoms with Crippen LogP contribution in [0, 0.1) is 0 Å². The number of nitrogens with zero attached hydrogens (tertiary/aromatic N) is 3. The Labute approximate surface area is 198 Å². The molecule has 0 aliphatic carbocycles. The van der Waals surface area contributed by atoms with Gasteiger partial charge >= 0.3 is 0 Å². The van der Waals surface area contributed by atoms with E-state index in [1.165, 1.54) is 18.4 Å².